The molecule has 4 nitrogen and oxygen atoms in total. The van der Waals surface area contributed by atoms with Crippen molar-refractivity contribution in [3.63, 3.8) is 0 Å². The number of nitrogens with zero attached hydrogens (tertiary/aromatic N) is 1. The van der Waals surface area contributed by atoms with Gasteiger partial charge in [0.25, 0.3) is 0 Å². The molecule has 0 bridgehead atoms. The summed E-state index contributed by atoms with van der Waals surface area (Å²) in [6, 6.07) is 0. The van der Waals surface area contributed by atoms with Crippen molar-refractivity contribution < 1.29 is 13.2 Å². The first-order valence-corrected chi connectivity index (χ1v) is 6.57. The highest BCUT2D eigenvalue weighted by Crippen LogP contribution is 2.06. The van der Waals surface area contributed by atoms with Crippen molar-refractivity contribution >= 4 is 22.7 Å². The van der Waals surface area contributed by atoms with Gasteiger partial charge in [-0.25, -0.2) is 8.42 Å². The zero-order valence-electron chi connectivity index (χ0n) is 7.48. The molecular weight excluding hydrogens is 210 g/mol. The molecule has 1 rings (SSSR count). The summed E-state index contributed by atoms with van der Waals surface area (Å²) >= 11 is 3.99. The number of ether oxygens (including phenoxy) is 1. The van der Waals surface area contributed by atoms with Crippen LogP contribution in [0.2, 0.25) is 0 Å². The molecular formula is C7H15NO3S2. The van der Waals surface area contributed by atoms with Crippen LogP contribution in [-0.2, 0) is 14.8 Å². The Bertz CT molecular complexity index is 234. The summed E-state index contributed by atoms with van der Waals surface area (Å²) in [5.41, 5.74) is 0. The van der Waals surface area contributed by atoms with Crippen LogP contribution in [0.25, 0.3) is 0 Å². The van der Waals surface area contributed by atoms with E-state index in [1.165, 1.54) is 4.31 Å². The SMILES string of the molecule is O=S(=O)(CCCS)N1CCOCC1. The van der Waals surface area contributed by atoms with E-state index in [-0.39, 0.29) is 5.75 Å². The van der Waals surface area contributed by atoms with Crippen LogP contribution in [0.3, 0.4) is 0 Å². The normalized spacial score (nSPS) is 20.4. The van der Waals surface area contributed by atoms with Crippen LogP contribution in [0.15, 0.2) is 0 Å². The molecule has 0 spiro atoms. The molecule has 1 saturated heterocycles. The van der Waals surface area contributed by atoms with E-state index in [0.29, 0.717) is 38.5 Å². The molecule has 0 aromatic rings. The fourth-order valence-electron chi connectivity index (χ4n) is 1.20. The first-order chi connectivity index (χ1) is 6.17. The molecule has 1 aliphatic rings. The van der Waals surface area contributed by atoms with Crippen LogP contribution >= 0.6 is 12.6 Å². The van der Waals surface area contributed by atoms with Gasteiger partial charge in [-0.15, -0.1) is 0 Å². The van der Waals surface area contributed by atoms with Gasteiger partial charge in [-0.3, -0.25) is 0 Å². The molecule has 1 fully saturated rings. The Morgan fingerprint density at radius 3 is 2.46 bits per heavy atom. The highest BCUT2D eigenvalue weighted by atomic mass is 32.2. The first-order valence-electron chi connectivity index (χ1n) is 4.33. The average molecular weight is 225 g/mol. The quantitative estimate of drug-likeness (QED) is 0.683. The Kier molecular flexibility index (Phi) is 4.51. The van der Waals surface area contributed by atoms with Gasteiger partial charge in [0, 0.05) is 13.1 Å². The molecule has 1 aliphatic heterocycles. The molecule has 78 valence electrons. The summed E-state index contributed by atoms with van der Waals surface area (Å²) in [5.74, 6) is 0.820. The van der Waals surface area contributed by atoms with Crippen LogP contribution in [-0.4, -0.2) is 50.5 Å². The van der Waals surface area contributed by atoms with Crippen LogP contribution in [0.1, 0.15) is 6.42 Å². The van der Waals surface area contributed by atoms with Gasteiger partial charge in [0.15, 0.2) is 0 Å². The second-order valence-electron chi connectivity index (χ2n) is 2.90. The van der Waals surface area contributed by atoms with Gasteiger partial charge in [0.2, 0.25) is 10.0 Å². The lowest BCUT2D eigenvalue weighted by Gasteiger charge is -2.25. The van der Waals surface area contributed by atoms with Crippen molar-refractivity contribution in [3.8, 4) is 0 Å². The number of hydrogen-bond acceptors (Lipinski definition) is 4. The maximum Gasteiger partial charge on any atom is 0.214 e. The van der Waals surface area contributed by atoms with E-state index < -0.39 is 10.0 Å². The van der Waals surface area contributed by atoms with E-state index in [2.05, 4.69) is 12.6 Å². The van der Waals surface area contributed by atoms with Gasteiger partial charge < -0.3 is 4.74 Å². The van der Waals surface area contributed by atoms with Crippen molar-refractivity contribution in [2.45, 2.75) is 6.42 Å². The Morgan fingerprint density at radius 1 is 1.31 bits per heavy atom. The standard InChI is InChI=1S/C7H15NO3S2/c9-13(10,7-1-6-12)8-2-4-11-5-3-8/h12H,1-7H2. The maximum absolute atomic E-state index is 11.6. The lowest BCUT2D eigenvalue weighted by Crippen LogP contribution is -2.41. The molecule has 0 N–H and O–H groups in total. The van der Waals surface area contributed by atoms with Gasteiger partial charge in [0.1, 0.15) is 0 Å². The van der Waals surface area contributed by atoms with E-state index in [1.54, 1.807) is 0 Å². The molecule has 0 aromatic carbocycles. The minimum absolute atomic E-state index is 0.205. The Labute approximate surface area is 84.7 Å². The van der Waals surface area contributed by atoms with Crippen LogP contribution in [0.4, 0.5) is 0 Å². The molecule has 0 radical (unpaired) electrons. The van der Waals surface area contributed by atoms with E-state index in [4.69, 9.17) is 4.74 Å². The molecule has 0 amide bonds. The molecule has 13 heavy (non-hydrogen) atoms. The Morgan fingerprint density at radius 2 is 1.92 bits per heavy atom. The fourth-order valence-corrected chi connectivity index (χ4v) is 3.05. The van der Waals surface area contributed by atoms with Crippen molar-refractivity contribution in [3.05, 3.63) is 0 Å². The molecule has 0 aromatic heterocycles. The average Bonchev–Trinajstić information content (AvgIpc) is 2.16. The van der Waals surface area contributed by atoms with Gasteiger partial charge in [-0.2, -0.15) is 16.9 Å². The third kappa shape index (κ3) is 3.46. The number of rotatable bonds is 4. The Balaban J connectivity index is 2.47. The second kappa shape index (κ2) is 5.19. The van der Waals surface area contributed by atoms with E-state index in [1.807, 2.05) is 0 Å². The number of thiol groups is 1. The predicted molar refractivity (Wildman–Crippen MR) is 54.6 cm³/mol. The summed E-state index contributed by atoms with van der Waals surface area (Å²) in [6.07, 6.45) is 0.614. The molecule has 1 heterocycles. The van der Waals surface area contributed by atoms with Crippen molar-refractivity contribution in [2.24, 2.45) is 0 Å². The van der Waals surface area contributed by atoms with Gasteiger partial charge >= 0.3 is 0 Å². The topological polar surface area (TPSA) is 46.6 Å². The van der Waals surface area contributed by atoms with Crippen LogP contribution < -0.4 is 0 Å². The van der Waals surface area contributed by atoms with E-state index in [9.17, 15) is 8.42 Å². The molecule has 6 heteroatoms. The van der Waals surface area contributed by atoms with Gasteiger partial charge in [0.05, 0.1) is 19.0 Å². The number of morpholine rings is 1. The van der Waals surface area contributed by atoms with Crippen molar-refractivity contribution in [2.75, 3.05) is 37.8 Å². The second-order valence-corrected chi connectivity index (χ2v) is 5.44. The minimum atomic E-state index is -3.04. The molecule has 0 saturated carbocycles. The molecule has 0 unspecified atom stereocenters. The zero-order valence-corrected chi connectivity index (χ0v) is 9.19. The summed E-state index contributed by atoms with van der Waals surface area (Å²) in [7, 11) is -3.04. The predicted octanol–water partition coefficient (Wildman–Crippen LogP) is -0.0317. The summed E-state index contributed by atoms with van der Waals surface area (Å²) in [5, 5.41) is 0. The van der Waals surface area contributed by atoms with Crippen molar-refractivity contribution in [1.82, 2.24) is 4.31 Å². The molecule has 0 atom stereocenters. The lowest BCUT2D eigenvalue weighted by atomic mass is 10.5. The van der Waals surface area contributed by atoms with E-state index >= 15 is 0 Å². The zero-order chi connectivity index (χ0) is 9.73. The summed E-state index contributed by atoms with van der Waals surface area (Å²) in [6.45, 7) is 2.02. The smallest absolute Gasteiger partial charge is 0.214 e. The number of sulfonamides is 1. The van der Waals surface area contributed by atoms with E-state index in [0.717, 1.165) is 0 Å². The van der Waals surface area contributed by atoms with Crippen LogP contribution in [0, 0.1) is 0 Å². The largest absolute Gasteiger partial charge is 0.379 e. The monoisotopic (exact) mass is 225 g/mol. The third-order valence-corrected chi connectivity index (χ3v) is 4.20. The first kappa shape index (κ1) is 11.3. The van der Waals surface area contributed by atoms with Crippen LogP contribution in [0.5, 0.6) is 0 Å². The summed E-state index contributed by atoms with van der Waals surface area (Å²) in [4.78, 5) is 0. The Hall–Kier alpha value is 0.220. The van der Waals surface area contributed by atoms with Gasteiger partial charge in [-0.1, -0.05) is 0 Å². The molecule has 0 aliphatic carbocycles. The third-order valence-electron chi connectivity index (χ3n) is 1.92. The minimum Gasteiger partial charge on any atom is -0.379 e. The van der Waals surface area contributed by atoms with Gasteiger partial charge in [-0.05, 0) is 12.2 Å². The lowest BCUT2D eigenvalue weighted by molar-refractivity contribution is 0.0730. The summed E-state index contributed by atoms with van der Waals surface area (Å²) < 4.78 is 29.7. The fraction of sp³-hybridized carbons (Fsp3) is 1.00. The highest BCUT2D eigenvalue weighted by Gasteiger charge is 2.23. The maximum atomic E-state index is 11.6. The van der Waals surface area contributed by atoms with Crippen molar-refractivity contribution in [1.29, 1.82) is 0 Å². The highest BCUT2D eigenvalue weighted by molar-refractivity contribution is 7.89. The number of hydrogen-bond donors (Lipinski definition) is 1.